The van der Waals surface area contributed by atoms with E-state index in [1.54, 1.807) is 7.11 Å². The third-order valence-electron chi connectivity index (χ3n) is 7.80. The molecule has 5 rings (SSSR count). The van der Waals surface area contributed by atoms with Crippen LogP contribution < -0.4 is 10.1 Å². The lowest BCUT2D eigenvalue weighted by Crippen LogP contribution is -2.61. The summed E-state index contributed by atoms with van der Waals surface area (Å²) in [5, 5.41) is 2.70. The number of imide groups is 1. The Kier molecular flexibility index (Phi) is 6.18. The van der Waals surface area contributed by atoms with Crippen LogP contribution in [-0.2, 0) is 20.8 Å². The minimum atomic E-state index is -0.814. The summed E-state index contributed by atoms with van der Waals surface area (Å²) < 4.78 is 5.16. The first-order valence-corrected chi connectivity index (χ1v) is 12.2. The number of ether oxygens (including phenoxy) is 1. The maximum Gasteiger partial charge on any atom is 0.324 e. The van der Waals surface area contributed by atoms with Gasteiger partial charge >= 0.3 is 6.03 Å². The Morgan fingerprint density at radius 1 is 1.12 bits per heavy atom. The van der Waals surface area contributed by atoms with Gasteiger partial charge in [-0.2, -0.15) is 0 Å². The second-order valence-corrected chi connectivity index (χ2v) is 9.96. The fourth-order valence-electron chi connectivity index (χ4n) is 6.08. The highest BCUT2D eigenvalue weighted by molar-refractivity contribution is 6.05. The average Bonchev–Trinajstić information content (AvgIpc) is 3.10. The SMILES string of the molecule is COc1ccc(CCN2C(=O)NC(CC(=O)N3CC4CC(C3)C3CCCC(=O)N3C4)C2=O)cc1. The van der Waals surface area contributed by atoms with Crippen molar-refractivity contribution in [2.75, 3.05) is 33.3 Å². The average molecular weight is 469 g/mol. The Balaban J connectivity index is 1.16. The molecule has 4 aliphatic rings. The highest BCUT2D eigenvalue weighted by Crippen LogP contribution is 2.38. The number of rotatable bonds is 6. The maximum atomic E-state index is 13.1. The monoisotopic (exact) mass is 468 g/mol. The normalized spacial score (nSPS) is 28.6. The number of carbonyl (C=O) groups is 4. The van der Waals surface area contributed by atoms with Crippen LogP contribution in [0, 0.1) is 11.8 Å². The second kappa shape index (κ2) is 9.27. The van der Waals surface area contributed by atoms with Gasteiger partial charge in [-0.3, -0.25) is 19.3 Å². The molecule has 0 aliphatic carbocycles. The van der Waals surface area contributed by atoms with E-state index in [0.29, 0.717) is 31.8 Å². The third kappa shape index (κ3) is 4.35. The molecule has 34 heavy (non-hydrogen) atoms. The predicted octanol–water partition coefficient (Wildman–Crippen LogP) is 1.41. The standard InChI is InChI=1S/C25H32N4O5/c1-34-19-7-5-16(6-8-19)9-10-28-24(32)20(26-25(28)33)12-23(31)27-13-17-11-18(15-27)21-3-2-4-22(30)29(21)14-17/h5-8,17-18,20-21H,2-4,9-15H2,1H3,(H,26,33). The number of nitrogens with one attached hydrogen (secondary N) is 1. The van der Waals surface area contributed by atoms with Crippen LogP contribution >= 0.6 is 0 Å². The maximum absolute atomic E-state index is 13.1. The summed E-state index contributed by atoms with van der Waals surface area (Å²) in [5.74, 6) is 1.15. The summed E-state index contributed by atoms with van der Waals surface area (Å²) in [4.78, 5) is 55.9. The summed E-state index contributed by atoms with van der Waals surface area (Å²) in [6, 6.07) is 6.49. The molecule has 9 nitrogen and oxygen atoms in total. The minimum Gasteiger partial charge on any atom is -0.497 e. The highest BCUT2D eigenvalue weighted by Gasteiger charge is 2.46. The zero-order valence-electron chi connectivity index (χ0n) is 19.6. The van der Waals surface area contributed by atoms with Crippen LogP contribution in [0.1, 0.15) is 37.7 Å². The van der Waals surface area contributed by atoms with E-state index in [4.69, 9.17) is 4.74 Å². The van der Waals surface area contributed by atoms with E-state index in [0.717, 1.165) is 37.1 Å². The summed E-state index contributed by atoms with van der Waals surface area (Å²) in [7, 11) is 1.60. The number of likely N-dealkylation sites (tertiary alicyclic amines) is 1. The van der Waals surface area contributed by atoms with Gasteiger partial charge in [0.05, 0.1) is 13.5 Å². The molecule has 182 valence electrons. The minimum absolute atomic E-state index is 0.0175. The molecule has 4 heterocycles. The van der Waals surface area contributed by atoms with Crippen LogP contribution in [-0.4, -0.2) is 83.8 Å². The van der Waals surface area contributed by atoms with Crippen LogP contribution in [0.25, 0.3) is 0 Å². The summed E-state index contributed by atoms with van der Waals surface area (Å²) in [6.45, 7) is 2.23. The first-order valence-electron chi connectivity index (χ1n) is 12.2. The van der Waals surface area contributed by atoms with E-state index in [1.165, 1.54) is 4.90 Å². The number of amides is 5. The van der Waals surface area contributed by atoms with Gasteiger partial charge < -0.3 is 19.9 Å². The van der Waals surface area contributed by atoms with E-state index >= 15 is 0 Å². The number of benzene rings is 1. The quantitative estimate of drug-likeness (QED) is 0.637. The van der Waals surface area contributed by atoms with Gasteiger partial charge in [0.15, 0.2) is 0 Å². The number of hydrogen-bond acceptors (Lipinski definition) is 5. The van der Waals surface area contributed by atoms with Crippen molar-refractivity contribution in [3.05, 3.63) is 29.8 Å². The molecule has 0 saturated carbocycles. The van der Waals surface area contributed by atoms with E-state index in [9.17, 15) is 19.2 Å². The number of hydrogen-bond donors (Lipinski definition) is 1. The van der Waals surface area contributed by atoms with Gasteiger partial charge in [0.2, 0.25) is 11.8 Å². The number of piperidine rings is 3. The zero-order chi connectivity index (χ0) is 23.8. The van der Waals surface area contributed by atoms with Gasteiger partial charge in [-0.05, 0) is 55.2 Å². The molecule has 0 spiro atoms. The Bertz CT molecular complexity index is 980. The molecule has 5 amide bonds. The summed E-state index contributed by atoms with van der Waals surface area (Å²) >= 11 is 0. The smallest absolute Gasteiger partial charge is 0.324 e. The van der Waals surface area contributed by atoms with E-state index < -0.39 is 12.1 Å². The molecule has 1 aromatic rings. The van der Waals surface area contributed by atoms with Crippen molar-refractivity contribution in [3.63, 3.8) is 0 Å². The van der Waals surface area contributed by atoms with Crippen LogP contribution in [0.2, 0.25) is 0 Å². The second-order valence-electron chi connectivity index (χ2n) is 9.96. The van der Waals surface area contributed by atoms with Crippen molar-refractivity contribution in [1.29, 1.82) is 0 Å². The van der Waals surface area contributed by atoms with E-state index in [2.05, 4.69) is 5.32 Å². The van der Waals surface area contributed by atoms with Crippen molar-refractivity contribution in [3.8, 4) is 5.75 Å². The lowest BCUT2D eigenvalue weighted by molar-refractivity contribution is -0.149. The van der Waals surface area contributed by atoms with Crippen molar-refractivity contribution in [2.45, 2.75) is 50.6 Å². The van der Waals surface area contributed by atoms with Crippen molar-refractivity contribution in [2.24, 2.45) is 11.8 Å². The van der Waals surface area contributed by atoms with Crippen LogP contribution in [0.5, 0.6) is 5.75 Å². The molecular weight excluding hydrogens is 436 g/mol. The van der Waals surface area contributed by atoms with Crippen LogP contribution in [0.4, 0.5) is 4.79 Å². The number of urea groups is 1. The first kappa shape index (κ1) is 22.7. The Morgan fingerprint density at radius 3 is 2.68 bits per heavy atom. The largest absolute Gasteiger partial charge is 0.497 e. The van der Waals surface area contributed by atoms with Crippen LogP contribution in [0.3, 0.4) is 0 Å². The molecule has 0 aromatic heterocycles. The van der Waals surface area contributed by atoms with Gasteiger partial charge in [-0.25, -0.2) is 4.79 Å². The predicted molar refractivity (Wildman–Crippen MR) is 123 cm³/mol. The molecule has 9 heteroatoms. The van der Waals surface area contributed by atoms with Gasteiger partial charge in [-0.15, -0.1) is 0 Å². The van der Waals surface area contributed by atoms with Crippen molar-refractivity contribution >= 4 is 23.8 Å². The van der Waals surface area contributed by atoms with Gasteiger partial charge in [0.1, 0.15) is 11.8 Å². The first-order chi connectivity index (χ1) is 16.4. The molecular formula is C25H32N4O5. The summed E-state index contributed by atoms with van der Waals surface area (Å²) in [6.07, 6.45) is 4.13. The Hall–Kier alpha value is -3.10. The molecule has 4 aliphatic heterocycles. The lowest BCUT2D eigenvalue weighted by atomic mass is 9.76. The van der Waals surface area contributed by atoms with Crippen molar-refractivity contribution in [1.82, 2.24) is 20.0 Å². The van der Waals surface area contributed by atoms with Crippen LogP contribution in [0.15, 0.2) is 24.3 Å². The Morgan fingerprint density at radius 2 is 1.91 bits per heavy atom. The number of carbonyl (C=O) groups excluding carboxylic acids is 4. The molecule has 2 bridgehead atoms. The molecule has 4 unspecified atom stereocenters. The third-order valence-corrected chi connectivity index (χ3v) is 7.80. The molecule has 1 aromatic carbocycles. The Labute approximate surface area is 199 Å². The summed E-state index contributed by atoms with van der Waals surface area (Å²) in [5.41, 5.74) is 0.996. The lowest BCUT2D eigenvalue weighted by Gasteiger charge is -2.52. The fourth-order valence-corrected chi connectivity index (χ4v) is 6.08. The topological polar surface area (TPSA) is 99.3 Å². The number of methoxy groups -OCH3 is 1. The number of nitrogens with zero attached hydrogens (tertiary/aromatic N) is 3. The highest BCUT2D eigenvalue weighted by atomic mass is 16.5. The van der Waals surface area contributed by atoms with Crippen molar-refractivity contribution < 1.29 is 23.9 Å². The molecule has 4 atom stereocenters. The van der Waals surface area contributed by atoms with E-state index in [-0.39, 0.29) is 42.6 Å². The molecule has 0 radical (unpaired) electrons. The van der Waals surface area contributed by atoms with Gasteiger partial charge in [0, 0.05) is 38.6 Å². The molecule has 1 N–H and O–H groups in total. The van der Waals surface area contributed by atoms with Gasteiger partial charge in [0.25, 0.3) is 5.91 Å². The van der Waals surface area contributed by atoms with E-state index in [1.807, 2.05) is 34.1 Å². The number of fused-ring (bicyclic) bond motifs is 4. The zero-order valence-corrected chi connectivity index (χ0v) is 19.6. The molecule has 4 saturated heterocycles. The fraction of sp³-hybridized carbons (Fsp3) is 0.600. The molecule has 4 fully saturated rings. The van der Waals surface area contributed by atoms with Gasteiger partial charge in [-0.1, -0.05) is 12.1 Å².